The van der Waals surface area contributed by atoms with Crippen LogP contribution < -0.4 is 20.2 Å². The topological polar surface area (TPSA) is 90.3 Å². The number of nitrogens with zero attached hydrogens (tertiary/aromatic N) is 3. The Morgan fingerprint density at radius 1 is 1.07 bits per heavy atom. The number of amides is 1. The maximum atomic E-state index is 13.2. The molecule has 0 saturated carbocycles. The molecule has 0 fully saturated rings. The molecule has 2 N–H and O–H groups in total. The van der Waals surface area contributed by atoms with Gasteiger partial charge in [0.25, 0.3) is 0 Å². The van der Waals surface area contributed by atoms with Crippen LogP contribution in [0.3, 0.4) is 0 Å². The molecule has 9 heteroatoms. The van der Waals surface area contributed by atoms with Crippen LogP contribution in [0.2, 0.25) is 0 Å². The summed E-state index contributed by atoms with van der Waals surface area (Å²) in [6.45, 7) is 2.02. The minimum absolute atomic E-state index is 0.120. The third-order valence-electron chi connectivity index (χ3n) is 4.91. The first-order chi connectivity index (χ1) is 14.6. The number of anilines is 1. The number of aromatic nitrogens is 3. The van der Waals surface area contributed by atoms with E-state index in [2.05, 4.69) is 20.9 Å². The van der Waals surface area contributed by atoms with E-state index in [0.29, 0.717) is 10.8 Å². The first-order valence-corrected chi connectivity index (χ1v) is 10.5. The number of rotatable bonds is 6. The van der Waals surface area contributed by atoms with Gasteiger partial charge in [0.15, 0.2) is 5.82 Å². The SMILES string of the molecule is CCc1nnc2n1N[C@H](c1ccc(OC)cc1)[C@@H](C(=O)Nc1ccc(OC)cc1)S2. The number of carbonyl (C=O) groups is 1. The van der Waals surface area contributed by atoms with Gasteiger partial charge in [-0.05, 0) is 42.0 Å². The van der Waals surface area contributed by atoms with Crippen molar-refractivity contribution in [3.05, 3.63) is 59.9 Å². The lowest BCUT2D eigenvalue weighted by molar-refractivity contribution is -0.116. The van der Waals surface area contributed by atoms with Crippen molar-refractivity contribution >= 4 is 23.4 Å². The molecule has 30 heavy (non-hydrogen) atoms. The highest BCUT2D eigenvalue weighted by Gasteiger charge is 2.37. The van der Waals surface area contributed by atoms with Gasteiger partial charge in [-0.2, -0.15) is 0 Å². The van der Waals surface area contributed by atoms with Crippen LogP contribution in [0.1, 0.15) is 24.4 Å². The highest BCUT2D eigenvalue weighted by molar-refractivity contribution is 8.00. The van der Waals surface area contributed by atoms with Gasteiger partial charge in [-0.25, -0.2) is 4.68 Å². The number of hydrogen-bond acceptors (Lipinski definition) is 7. The van der Waals surface area contributed by atoms with Gasteiger partial charge >= 0.3 is 0 Å². The Balaban J connectivity index is 1.63. The molecule has 8 nitrogen and oxygen atoms in total. The maximum absolute atomic E-state index is 13.2. The Bertz CT molecular complexity index is 1020. The van der Waals surface area contributed by atoms with Crippen molar-refractivity contribution in [2.75, 3.05) is 25.0 Å². The third kappa shape index (κ3) is 3.93. The lowest BCUT2D eigenvalue weighted by Gasteiger charge is -2.33. The predicted octanol–water partition coefficient (Wildman–Crippen LogP) is 3.26. The molecule has 2 atom stereocenters. The van der Waals surface area contributed by atoms with Crippen LogP contribution in [0.4, 0.5) is 5.69 Å². The number of benzene rings is 2. The van der Waals surface area contributed by atoms with E-state index in [-0.39, 0.29) is 11.9 Å². The second-order valence-electron chi connectivity index (χ2n) is 6.72. The van der Waals surface area contributed by atoms with Gasteiger partial charge in [-0.1, -0.05) is 30.8 Å². The standard InChI is InChI=1S/C21H23N5O3S/c1-4-17-23-24-21-26(17)25-18(13-5-9-15(28-2)10-6-13)19(30-21)20(27)22-14-7-11-16(29-3)12-8-14/h5-12,18-19,25H,4H2,1-3H3,(H,22,27)/t18-,19+/m1/s1. The summed E-state index contributed by atoms with van der Waals surface area (Å²) >= 11 is 1.40. The average molecular weight is 426 g/mol. The van der Waals surface area contributed by atoms with E-state index in [0.717, 1.165) is 29.3 Å². The summed E-state index contributed by atoms with van der Waals surface area (Å²) < 4.78 is 12.3. The Labute approximate surface area is 179 Å². The molecule has 4 rings (SSSR count). The monoisotopic (exact) mass is 425 g/mol. The van der Waals surface area contributed by atoms with Gasteiger partial charge in [-0.15, -0.1) is 10.2 Å². The Morgan fingerprint density at radius 3 is 2.30 bits per heavy atom. The molecule has 1 aromatic heterocycles. The van der Waals surface area contributed by atoms with Crippen molar-refractivity contribution in [2.45, 2.75) is 29.8 Å². The zero-order chi connectivity index (χ0) is 21.1. The minimum Gasteiger partial charge on any atom is -0.497 e. The van der Waals surface area contributed by atoms with Gasteiger partial charge in [0.1, 0.15) is 16.7 Å². The lowest BCUT2D eigenvalue weighted by Crippen LogP contribution is -2.41. The molecule has 1 aliphatic rings. The van der Waals surface area contributed by atoms with E-state index in [1.807, 2.05) is 60.1 Å². The van der Waals surface area contributed by atoms with Gasteiger partial charge in [0.2, 0.25) is 11.1 Å². The zero-order valence-corrected chi connectivity index (χ0v) is 17.8. The summed E-state index contributed by atoms with van der Waals surface area (Å²) in [4.78, 5) is 13.2. The van der Waals surface area contributed by atoms with Crippen molar-refractivity contribution in [1.82, 2.24) is 14.9 Å². The summed E-state index contributed by atoms with van der Waals surface area (Å²) in [5.41, 5.74) is 5.11. The van der Waals surface area contributed by atoms with Gasteiger partial charge in [0.05, 0.1) is 20.3 Å². The predicted molar refractivity (Wildman–Crippen MR) is 116 cm³/mol. The maximum Gasteiger partial charge on any atom is 0.240 e. The molecule has 0 saturated heterocycles. The number of aryl methyl sites for hydroxylation is 1. The molecular formula is C21H23N5O3S. The smallest absolute Gasteiger partial charge is 0.240 e. The number of hydrogen-bond donors (Lipinski definition) is 2. The fourth-order valence-corrected chi connectivity index (χ4v) is 4.38. The average Bonchev–Trinajstić information content (AvgIpc) is 3.21. The van der Waals surface area contributed by atoms with Crippen molar-refractivity contribution in [2.24, 2.45) is 0 Å². The van der Waals surface area contributed by atoms with E-state index in [9.17, 15) is 4.79 Å². The summed E-state index contributed by atoms with van der Waals surface area (Å²) in [6.07, 6.45) is 0.735. The summed E-state index contributed by atoms with van der Waals surface area (Å²) in [6, 6.07) is 14.7. The molecule has 0 spiro atoms. The summed E-state index contributed by atoms with van der Waals surface area (Å²) in [5, 5.41) is 11.7. The minimum atomic E-state index is -0.443. The largest absolute Gasteiger partial charge is 0.497 e. The lowest BCUT2D eigenvalue weighted by atomic mass is 10.0. The number of thioether (sulfide) groups is 1. The van der Waals surface area contributed by atoms with E-state index >= 15 is 0 Å². The van der Waals surface area contributed by atoms with Crippen molar-refractivity contribution in [3.8, 4) is 11.5 Å². The molecule has 2 aromatic carbocycles. The van der Waals surface area contributed by atoms with Crippen molar-refractivity contribution in [3.63, 3.8) is 0 Å². The van der Waals surface area contributed by atoms with E-state index in [1.165, 1.54) is 11.8 Å². The molecule has 0 bridgehead atoms. The van der Waals surface area contributed by atoms with Crippen molar-refractivity contribution < 1.29 is 14.3 Å². The molecule has 0 unspecified atom stereocenters. The Kier molecular flexibility index (Phi) is 5.80. The third-order valence-corrected chi connectivity index (χ3v) is 6.13. The number of carbonyl (C=O) groups excluding carboxylic acids is 1. The number of nitrogens with one attached hydrogen (secondary N) is 2. The normalized spacial score (nSPS) is 17.6. The quantitative estimate of drug-likeness (QED) is 0.626. The van der Waals surface area contributed by atoms with Crippen LogP contribution in [0.15, 0.2) is 53.7 Å². The number of methoxy groups -OCH3 is 2. The fraction of sp³-hybridized carbons (Fsp3) is 0.286. The van der Waals surface area contributed by atoms with Crippen LogP contribution in [0, 0.1) is 0 Å². The second kappa shape index (κ2) is 8.66. The second-order valence-corrected chi connectivity index (χ2v) is 7.83. The highest BCUT2D eigenvalue weighted by atomic mass is 32.2. The van der Waals surface area contributed by atoms with Crippen LogP contribution in [0.25, 0.3) is 0 Å². The molecule has 1 amide bonds. The van der Waals surface area contributed by atoms with Gasteiger partial charge in [0, 0.05) is 12.1 Å². The molecular weight excluding hydrogens is 402 g/mol. The molecule has 3 aromatic rings. The Hall–Kier alpha value is -3.20. The molecule has 0 radical (unpaired) electrons. The van der Waals surface area contributed by atoms with Crippen LogP contribution in [-0.4, -0.2) is 40.3 Å². The van der Waals surface area contributed by atoms with Crippen molar-refractivity contribution in [1.29, 1.82) is 0 Å². The summed E-state index contributed by atoms with van der Waals surface area (Å²) in [7, 11) is 3.24. The first kappa shape index (κ1) is 20.1. The molecule has 2 heterocycles. The molecule has 0 aliphatic carbocycles. The molecule has 156 valence electrons. The fourth-order valence-electron chi connectivity index (χ4n) is 3.28. The number of ether oxygens (including phenoxy) is 2. The number of fused-ring (bicyclic) bond motifs is 1. The Morgan fingerprint density at radius 2 is 1.70 bits per heavy atom. The first-order valence-electron chi connectivity index (χ1n) is 9.59. The summed E-state index contributed by atoms with van der Waals surface area (Å²) in [5.74, 6) is 2.20. The van der Waals surface area contributed by atoms with Crippen LogP contribution in [-0.2, 0) is 11.2 Å². The van der Waals surface area contributed by atoms with Crippen LogP contribution in [0.5, 0.6) is 11.5 Å². The van der Waals surface area contributed by atoms with E-state index in [4.69, 9.17) is 9.47 Å². The zero-order valence-electron chi connectivity index (χ0n) is 17.0. The van der Waals surface area contributed by atoms with E-state index in [1.54, 1.807) is 14.2 Å². The van der Waals surface area contributed by atoms with Gasteiger partial charge < -0.3 is 20.2 Å². The van der Waals surface area contributed by atoms with Gasteiger partial charge in [-0.3, -0.25) is 4.79 Å². The highest BCUT2D eigenvalue weighted by Crippen LogP contribution is 2.38. The van der Waals surface area contributed by atoms with Crippen LogP contribution >= 0.6 is 11.8 Å². The molecule has 1 aliphatic heterocycles. The van der Waals surface area contributed by atoms with E-state index < -0.39 is 5.25 Å².